The van der Waals surface area contributed by atoms with Crippen LogP contribution < -0.4 is 11.1 Å². The molecular weight excluding hydrogens is 365 g/mol. The third kappa shape index (κ3) is 3.23. The number of nitrogen functional groups attached to an aromatic ring is 1. The Morgan fingerprint density at radius 2 is 2.05 bits per heavy atom. The lowest BCUT2D eigenvalue weighted by Gasteiger charge is -2.11. The smallest absolute Gasteiger partial charge is 0.257 e. The van der Waals surface area contributed by atoms with E-state index in [2.05, 4.69) is 26.2 Å². The molecule has 0 spiro atoms. The Bertz CT molecular complexity index is 668. The monoisotopic (exact) mass is 373 g/mol. The highest BCUT2D eigenvalue weighted by atomic mass is 79.9. The van der Waals surface area contributed by atoms with Crippen molar-refractivity contribution in [3.63, 3.8) is 0 Å². The van der Waals surface area contributed by atoms with Crippen LogP contribution in [0.1, 0.15) is 15.9 Å². The zero-order valence-corrected chi connectivity index (χ0v) is 13.5. The van der Waals surface area contributed by atoms with Crippen LogP contribution in [0, 0.1) is 6.92 Å². The number of benzene rings is 1. The quantitative estimate of drug-likeness (QED) is 0.608. The van der Waals surface area contributed by atoms with Crippen molar-refractivity contribution < 1.29 is 4.79 Å². The number of nitrogens with one attached hydrogen (secondary N) is 1. The lowest BCUT2D eigenvalue weighted by Crippen LogP contribution is -2.15. The number of aromatic nitrogens is 1. The Hall–Kier alpha value is -1.30. The van der Waals surface area contributed by atoms with E-state index in [1.165, 1.54) is 0 Å². The van der Waals surface area contributed by atoms with E-state index < -0.39 is 0 Å². The van der Waals surface area contributed by atoms with E-state index in [1.807, 2.05) is 0 Å². The number of aryl methyl sites for hydroxylation is 1. The first-order chi connectivity index (χ1) is 9.38. The Morgan fingerprint density at radius 3 is 2.70 bits per heavy atom. The molecule has 0 fully saturated rings. The summed E-state index contributed by atoms with van der Waals surface area (Å²) in [6.45, 7) is 1.78. The van der Waals surface area contributed by atoms with Gasteiger partial charge in [-0.05, 0) is 36.8 Å². The molecule has 2 rings (SSSR count). The number of amides is 1. The van der Waals surface area contributed by atoms with Gasteiger partial charge in [0.1, 0.15) is 5.15 Å². The summed E-state index contributed by atoms with van der Waals surface area (Å²) in [6.07, 6.45) is 0. The summed E-state index contributed by atoms with van der Waals surface area (Å²) in [6, 6.07) is 6.66. The number of rotatable bonds is 2. The number of halogens is 3. The summed E-state index contributed by atoms with van der Waals surface area (Å²) in [5.41, 5.74) is 7.66. The maximum atomic E-state index is 12.2. The first-order valence-corrected chi connectivity index (χ1v) is 7.12. The van der Waals surface area contributed by atoms with Crippen LogP contribution >= 0.6 is 39.1 Å². The number of carbonyl (C=O) groups excluding carboxylic acids is 1. The van der Waals surface area contributed by atoms with Crippen molar-refractivity contribution >= 4 is 56.4 Å². The summed E-state index contributed by atoms with van der Waals surface area (Å²) < 4.78 is 0.758. The number of nitrogens with zero attached hydrogens (tertiary/aromatic N) is 1. The predicted molar refractivity (Wildman–Crippen MR) is 85.5 cm³/mol. The number of carbonyl (C=O) groups is 1. The number of nitrogens with two attached hydrogens (primary N) is 1. The van der Waals surface area contributed by atoms with Crippen molar-refractivity contribution in [1.29, 1.82) is 0 Å². The topological polar surface area (TPSA) is 68.0 Å². The van der Waals surface area contributed by atoms with Crippen LogP contribution in [-0.4, -0.2) is 10.9 Å². The van der Waals surface area contributed by atoms with E-state index in [0.29, 0.717) is 16.9 Å². The highest BCUT2D eigenvalue weighted by Gasteiger charge is 2.15. The van der Waals surface area contributed by atoms with Gasteiger partial charge >= 0.3 is 0 Å². The summed E-state index contributed by atoms with van der Waals surface area (Å²) in [5.74, 6) is -0.363. The van der Waals surface area contributed by atoms with E-state index in [0.717, 1.165) is 10.0 Å². The maximum absolute atomic E-state index is 12.2. The number of pyridine rings is 1. The third-order valence-corrected chi connectivity index (χ3v) is 3.60. The van der Waals surface area contributed by atoms with Gasteiger partial charge in [-0.3, -0.25) is 4.79 Å². The van der Waals surface area contributed by atoms with E-state index in [9.17, 15) is 4.79 Å². The molecule has 0 aliphatic carbocycles. The zero-order chi connectivity index (χ0) is 14.9. The van der Waals surface area contributed by atoms with Crippen LogP contribution in [0.5, 0.6) is 0 Å². The second-order valence-electron chi connectivity index (χ2n) is 4.11. The van der Waals surface area contributed by atoms with Gasteiger partial charge in [0.05, 0.1) is 11.3 Å². The highest BCUT2D eigenvalue weighted by Crippen LogP contribution is 2.28. The molecule has 1 amide bonds. The molecule has 1 aromatic heterocycles. The second-order valence-corrected chi connectivity index (χ2v) is 5.77. The molecule has 0 bridgehead atoms. The summed E-state index contributed by atoms with van der Waals surface area (Å²) in [5, 5.41) is 3.10. The molecule has 104 valence electrons. The van der Waals surface area contributed by atoms with Crippen LogP contribution in [-0.2, 0) is 0 Å². The lowest BCUT2D eigenvalue weighted by molar-refractivity contribution is 0.102. The minimum Gasteiger partial charge on any atom is -0.398 e. The van der Waals surface area contributed by atoms with Gasteiger partial charge in [0.25, 0.3) is 5.91 Å². The molecule has 3 N–H and O–H groups in total. The molecule has 0 radical (unpaired) electrons. The van der Waals surface area contributed by atoms with Gasteiger partial charge in [0, 0.05) is 10.2 Å². The number of hydrogen-bond donors (Lipinski definition) is 2. The van der Waals surface area contributed by atoms with Crippen LogP contribution in [0.2, 0.25) is 10.3 Å². The van der Waals surface area contributed by atoms with Crippen LogP contribution in [0.15, 0.2) is 28.7 Å². The van der Waals surface area contributed by atoms with Gasteiger partial charge in [-0.1, -0.05) is 39.1 Å². The average Bonchev–Trinajstić information content (AvgIpc) is 2.36. The van der Waals surface area contributed by atoms with E-state index >= 15 is 0 Å². The van der Waals surface area contributed by atoms with Crippen molar-refractivity contribution in [3.05, 3.63) is 50.2 Å². The molecule has 1 heterocycles. The molecule has 20 heavy (non-hydrogen) atoms. The summed E-state index contributed by atoms with van der Waals surface area (Å²) in [4.78, 5) is 16.1. The maximum Gasteiger partial charge on any atom is 0.257 e. The predicted octanol–water partition coefficient (Wildman–Crippen LogP) is 4.29. The number of anilines is 2. The molecule has 4 nitrogen and oxygen atoms in total. The van der Waals surface area contributed by atoms with Crippen molar-refractivity contribution in [1.82, 2.24) is 4.98 Å². The first-order valence-electron chi connectivity index (χ1n) is 5.57. The fourth-order valence-corrected chi connectivity index (χ4v) is 2.59. The first kappa shape index (κ1) is 15.1. The van der Waals surface area contributed by atoms with Crippen molar-refractivity contribution in [2.75, 3.05) is 11.1 Å². The van der Waals surface area contributed by atoms with Gasteiger partial charge in [-0.25, -0.2) is 4.98 Å². The van der Waals surface area contributed by atoms with E-state index in [1.54, 1.807) is 31.2 Å². The molecule has 2 aromatic rings. The molecule has 0 unspecified atom stereocenters. The number of hydrogen-bond acceptors (Lipinski definition) is 3. The lowest BCUT2D eigenvalue weighted by atomic mass is 10.1. The minimum absolute atomic E-state index is 0.136. The Kier molecular flexibility index (Phi) is 4.52. The zero-order valence-electron chi connectivity index (χ0n) is 10.4. The molecule has 0 saturated carbocycles. The molecule has 0 aliphatic heterocycles. The van der Waals surface area contributed by atoms with Crippen molar-refractivity contribution in [2.45, 2.75) is 6.92 Å². The van der Waals surface area contributed by atoms with Crippen LogP contribution in [0.4, 0.5) is 11.4 Å². The fraction of sp³-hybridized carbons (Fsp3) is 0.0769. The van der Waals surface area contributed by atoms with Crippen molar-refractivity contribution in [3.8, 4) is 0 Å². The van der Waals surface area contributed by atoms with Gasteiger partial charge in [-0.15, -0.1) is 0 Å². The van der Waals surface area contributed by atoms with Gasteiger partial charge < -0.3 is 11.1 Å². The normalized spacial score (nSPS) is 10.4. The van der Waals surface area contributed by atoms with Crippen molar-refractivity contribution in [2.24, 2.45) is 0 Å². The average molecular weight is 375 g/mol. The second kappa shape index (κ2) is 5.99. The summed E-state index contributed by atoms with van der Waals surface area (Å²) >= 11 is 15.1. The van der Waals surface area contributed by atoms with E-state index in [4.69, 9.17) is 28.9 Å². The Balaban J connectivity index is 2.35. The van der Waals surface area contributed by atoms with Crippen LogP contribution in [0.25, 0.3) is 0 Å². The minimum atomic E-state index is -0.363. The molecule has 0 atom stereocenters. The largest absolute Gasteiger partial charge is 0.398 e. The molecule has 7 heteroatoms. The van der Waals surface area contributed by atoms with E-state index in [-0.39, 0.29) is 16.2 Å². The Morgan fingerprint density at radius 1 is 1.35 bits per heavy atom. The molecule has 1 aromatic carbocycles. The van der Waals surface area contributed by atoms with Gasteiger partial charge in [0.2, 0.25) is 0 Å². The SMILES string of the molecule is Cc1cc(Cl)nc(Cl)c1NC(=O)c1cc(Br)ccc1N. The van der Waals surface area contributed by atoms with Crippen LogP contribution in [0.3, 0.4) is 0 Å². The highest BCUT2D eigenvalue weighted by molar-refractivity contribution is 9.10. The molecule has 0 saturated heterocycles. The Labute approximate surface area is 134 Å². The molecular formula is C13H10BrCl2N3O. The summed E-state index contributed by atoms with van der Waals surface area (Å²) in [7, 11) is 0. The fourth-order valence-electron chi connectivity index (χ4n) is 1.65. The standard InChI is InChI=1S/C13H10BrCl2N3O/c1-6-4-10(15)18-12(16)11(6)19-13(20)8-5-7(14)2-3-9(8)17/h2-5H,17H2,1H3,(H,19,20). The third-order valence-electron chi connectivity index (χ3n) is 2.64. The van der Waals surface area contributed by atoms with Gasteiger partial charge in [0.15, 0.2) is 5.15 Å². The molecule has 0 aliphatic rings. The van der Waals surface area contributed by atoms with Gasteiger partial charge in [-0.2, -0.15) is 0 Å².